The Balaban J connectivity index is 1.45. The van der Waals surface area contributed by atoms with E-state index < -0.39 is 0 Å². The van der Waals surface area contributed by atoms with Crippen molar-refractivity contribution in [3.8, 4) is 43.7 Å². The summed E-state index contributed by atoms with van der Waals surface area (Å²) in [6.07, 6.45) is 0. The predicted molar refractivity (Wildman–Crippen MR) is 125 cm³/mol. The molecule has 2 nitrogen and oxygen atoms in total. The van der Waals surface area contributed by atoms with Gasteiger partial charge in [-0.1, -0.05) is 72.3 Å². The standard InChI is InChI=1S/C24H15ClN2S2/c25-20-11-9-16(10-12-20)21-14-29-24(26-21)19-8-4-7-18(13-19)22-15-28-23(27-22)17-5-2-1-3-6-17/h1-15H. The van der Waals surface area contributed by atoms with Crippen molar-refractivity contribution in [1.82, 2.24) is 9.97 Å². The Morgan fingerprint density at radius 3 is 1.86 bits per heavy atom. The van der Waals surface area contributed by atoms with Gasteiger partial charge in [-0.3, -0.25) is 0 Å². The minimum atomic E-state index is 0.732. The molecule has 0 unspecified atom stereocenters. The molecule has 0 radical (unpaired) electrons. The van der Waals surface area contributed by atoms with Crippen molar-refractivity contribution < 1.29 is 0 Å². The van der Waals surface area contributed by atoms with E-state index in [1.807, 2.05) is 42.5 Å². The van der Waals surface area contributed by atoms with Crippen molar-refractivity contribution in [2.45, 2.75) is 0 Å². The van der Waals surface area contributed by atoms with E-state index in [1.54, 1.807) is 22.7 Å². The quantitative estimate of drug-likeness (QED) is 0.289. The summed E-state index contributed by atoms with van der Waals surface area (Å²) >= 11 is 9.31. The second kappa shape index (κ2) is 7.91. The zero-order chi connectivity index (χ0) is 19.6. The van der Waals surface area contributed by atoms with Crippen LogP contribution in [0.5, 0.6) is 0 Å². The van der Waals surface area contributed by atoms with Crippen LogP contribution in [0, 0.1) is 0 Å². The van der Waals surface area contributed by atoms with E-state index in [1.165, 1.54) is 0 Å². The summed E-state index contributed by atoms with van der Waals surface area (Å²) in [5.74, 6) is 0. The third-order valence-corrected chi connectivity index (χ3v) is 6.61. The lowest BCUT2D eigenvalue weighted by Gasteiger charge is -2.01. The van der Waals surface area contributed by atoms with Gasteiger partial charge in [0.2, 0.25) is 0 Å². The summed E-state index contributed by atoms with van der Waals surface area (Å²) in [6.45, 7) is 0. The molecule has 0 fully saturated rings. The minimum Gasteiger partial charge on any atom is -0.236 e. The largest absolute Gasteiger partial charge is 0.236 e. The SMILES string of the molecule is Clc1ccc(-c2csc(-c3cccc(-c4csc(-c5ccccc5)n4)c3)n2)cc1. The molecule has 0 amide bonds. The Bertz CT molecular complexity index is 1260. The average Bonchev–Trinajstić information content (AvgIpc) is 3.46. The highest BCUT2D eigenvalue weighted by atomic mass is 35.5. The van der Waals surface area contributed by atoms with Crippen molar-refractivity contribution in [1.29, 1.82) is 0 Å². The van der Waals surface area contributed by atoms with Gasteiger partial charge in [0.25, 0.3) is 0 Å². The molecule has 29 heavy (non-hydrogen) atoms. The summed E-state index contributed by atoms with van der Waals surface area (Å²) in [4.78, 5) is 9.66. The first kappa shape index (κ1) is 18.3. The number of benzene rings is 3. The van der Waals surface area contributed by atoms with Gasteiger partial charge in [-0.05, 0) is 18.2 Å². The zero-order valence-corrected chi connectivity index (χ0v) is 17.6. The van der Waals surface area contributed by atoms with Gasteiger partial charge in [0.1, 0.15) is 10.0 Å². The lowest BCUT2D eigenvalue weighted by Crippen LogP contribution is -1.83. The van der Waals surface area contributed by atoms with Crippen molar-refractivity contribution >= 4 is 34.3 Å². The number of rotatable bonds is 4. The molecule has 0 N–H and O–H groups in total. The van der Waals surface area contributed by atoms with Gasteiger partial charge in [-0.15, -0.1) is 22.7 Å². The van der Waals surface area contributed by atoms with Gasteiger partial charge in [-0.2, -0.15) is 0 Å². The molecule has 0 aliphatic heterocycles. The number of aromatic nitrogens is 2. The Kier molecular flexibility index (Phi) is 4.98. The van der Waals surface area contributed by atoms with Crippen LogP contribution in [0.4, 0.5) is 0 Å². The first-order valence-electron chi connectivity index (χ1n) is 9.09. The highest BCUT2D eigenvalue weighted by Crippen LogP contribution is 2.33. The third-order valence-electron chi connectivity index (χ3n) is 4.57. The van der Waals surface area contributed by atoms with E-state index in [2.05, 4.69) is 47.2 Å². The molecule has 140 valence electrons. The fraction of sp³-hybridized carbons (Fsp3) is 0. The number of nitrogens with zero attached hydrogens (tertiary/aromatic N) is 2. The van der Waals surface area contributed by atoms with Gasteiger partial charge in [0, 0.05) is 38.0 Å². The highest BCUT2D eigenvalue weighted by Gasteiger charge is 2.10. The van der Waals surface area contributed by atoms with Crippen molar-refractivity contribution in [2.24, 2.45) is 0 Å². The van der Waals surface area contributed by atoms with Crippen molar-refractivity contribution in [2.75, 3.05) is 0 Å². The van der Waals surface area contributed by atoms with E-state index in [0.29, 0.717) is 0 Å². The molecule has 5 rings (SSSR count). The Labute approximate surface area is 182 Å². The Morgan fingerprint density at radius 2 is 1.14 bits per heavy atom. The van der Waals surface area contributed by atoms with Gasteiger partial charge < -0.3 is 0 Å². The van der Waals surface area contributed by atoms with E-state index in [-0.39, 0.29) is 0 Å². The van der Waals surface area contributed by atoms with Crippen LogP contribution in [0.3, 0.4) is 0 Å². The molecule has 0 bridgehead atoms. The second-order valence-electron chi connectivity index (χ2n) is 6.53. The van der Waals surface area contributed by atoms with E-state index in [4.69, 9.17) is 21.6 Å². The van der Waals surface area contributed by atoms with E-state index >= 15 is 0 Å². The maximum absolute atomic E-state index is 5.99. The third kappa shape index (κ3) is 3.87. The lowest BCUT2D eigenvalue weighted by molar-refractivity contribution is 1.38. The number of hydrogen-bond donors (Lipinski definition) is 0. The average molecular weight is 431 g/mol. The molecule has 0 aliphatic carbocycles. The fourth-order valence-corrected chi connectivity index (χ4v) is 4.88. The van der Waals surface area contributed by atoms with Gasteiger partial charge in [0.15, 0.2) is 0 Å². The first-order chi connectivity index (χ1) is 14.3. The summed E-state index contributed by atoms with van der Waals surface area (Å²) in [7, 11) is 0. The first-order valence-corrected chi connectivity index (χ1v) is 11.2. The van der Waals surface area contributed by atoms with Crippen LogP contribution in [0.15, 0.2) is 89.6 Å². The smallest absolute Gasteiger partial charge is 0.124 e. The van der Waals surface area contributed by atoms with Crippen LogP contribution in [0.2, 0.25) is 5.02 Å². The maximum Gasteiger partial charge on any atom is 0.124 e. The van der Waals surface area contributed by atoms with Crippen LogP contribution in [0.1, 0.15) is 0 Å². The Morgan fingerprint density at radius 1 is 0.552 bits per heavy atom. The van der Waals surface area contributed by atoms with Crippen molar-refractivity contribution in [3.05, 3.63) is 94.6 Å². The van der Waals surface area contributed by atoms with Gasteiger partial charge in [0.05, 0.1) is 11.4 Å². The van der Waals surface area contributed by atoms with E-state index in [9.17, 15) is 0 Å². The van der Waals surface area contributed by atoms with Gasteiger partial charge >= 0.3 is 0 Å². The maximum atomic E-state index is 5.99. The molecular weight excluding hydrogens is 416 g/mol. The topological polar surface area (TPSA) is 25.8 Å². The monoisotopic (exact) mass is 430 g/mol. The Hall–Kier alpha value is -2.79. The molecule has 0 saturated carbocycles. The lowest BCUT2D eigenvalue weighted by atomic mass is 10.1. The molecule has 0 aliphatic rings. The number of halogens is 1. The molecule has 0 saturated heterocycles. The molecule has 0 spiro atoms. The number of hydrogen-bond acceptors (Lipinski definition) is 4. The highest BCUT2D eigenvalue weighted by molar-refractivity contribution is 7.13. The van der Waals surface area contributed by atoms with Crippen molar-refractivity contribution in [3.63, 3.8) is 0 Å². The molecule has 2 aromatic heterocycles. The summed E-state index contributed by atoms with van der Waals surface area (Å²) < 4.78 is 0. The molecule has 5 aromatic rings. The minimum absolute atomic E-state index is 0.732. The normalized spacial score (nSPS) is 10.9. The molecule has 0 atom stereocenters. The molecule has 5 heteroatoms. The molecular formula is C24H15ClN2S2. The zero-order valence-electron chi connectivity index (χ0n) is 15.2. The van der Waals surface area contributed by atoms with Gasteiger partial charge in [-0.25, -0.2) is 9.97 Å². The van der Waals surface area contributed by atoms with Crippen LogP contribution < -0.4 is 0 Å². The number of thiazole rings is 2. The van der Waals surface area contributed by atoms with Crippen LogP contribution in [-0.4, -0.2) is 9.97 Å². The fourth-order valence-electron chi connectivity index (χ4n) is 3.09. The second-order valence-corrected chi connectivity index (χ2v) is 8.68. The molecule has 2 heterocycles. The summed E-state index contributed by atoms with van der Waals surface area (Å²) in [6, 6.07) is 26.5. The summed E-state index contributed by atoms with van der Waals surface area (Å²) in [5, 5.41) is 6.96. The predicted octanol–water partition coefficient (Wildman–Crippen LogP) is 7.92. The summed E-state index contributed by atoms with van der Waals surface area (Å²) in [5.41, 5.74) is 6.37. The van der Waals surface area contributed by atoms with Crippen LogP contribution in [0.25, 0.3) is 43.7 Å². The van der Waals surface area contributed by atoms with Crippen LogP contribution in [-0.2, 0) is 0 Å². The molecule has 3 aromatic carbocycles. The van der Waals surface area contributed by atoms with E-state index in [0.717, 1.165) is 48.7 Å². The van der Waals surface area contributed by atoms with Crippen LogP contribution >= 0.6 is 34.3 Å².